The van der Waals surface area contributed by atoms with Gasteiger partial charge in [0.25, 0.3) is 0 Å². The first kappa shape index (κ1) is 24.1. The van der Waals surface area contributed by atoms with Crippen molar-refractivity contribution in [2.45, 2.75) is 31.7 Å². The van der Waals surface area contributed by atoms with Crippen molar-refractivity contribution >= 4 is 31.3 Å². The van der Waals surface area contributed by atoms with Crippen molar-refractivity contribution in [2.24, 2.45) is 5.92 Å². The molecule has 1 saturated heterocycles. The summed E-state index contributed by atoms with van der Waals surface area (Å²) in [6.07, 6.45) is -1.43. The Morgan fingerprint density at radius 3 is 2.24 bits per heavy atom. The summed E-state index contributed by atoms with van der Waals surface area (Å²) in [5.41, 5.74) is 0. The number of hydrogen-bond donors (Lipinski definition) is 3. The molecule has 1 fully saturated rings. The first-order valence-corrected chi connectivity index (χ1v) is 12.7. The summed E-state index contributed by atoms with van der Waals surface area (Å²) < 4.78 is 17.8. The van der Waals surface area contributed by atoms with E-state index in [4.69, 9.17) is 13.9 Å². The van der Waals surface area contributed by atoms with Gasteiger partial charge in [-0.05, 0) is 10.4 Å². The van der Waals surface area contributed by atoms with Crippen LogP contribution in [-0.4, -0.2) is 74.0 Å². The van der Waals surface area contributed by atoms with E-state index in [1.165, 1.54) is 24.1 Å². The lowest BCUT2D eigenvalue weighted by Gasteiger charge is -2.35. The van der Waals surface area contributed by atoms with E-state index in [2.05, 4.69) is 5.32 Å². The Labute approximate surface area is 199 Å². The molecule has 5 atom stereocenters. The van der Waals surface area contributed by atoms with Crippen LogP contribution in [0.15, 0.2) is 72.9 Å². The maximum Gasteiger partial charge on any atom is 0.302 e. The van der Waals surface area contributed by atoms with Crippen molar-refractivity contribution in [2.75, 3.05) is 13.2 Å². The number of amides is 1. The summed E-state index contributed by atoms with van der Waals surface area (Å²) in [6.45, 7) is 1.38. The van der Waals surface area contributed by atoms with Crippen LogP contribution in [0.2, 0.25) is 0 Å². The van der Waals surface area contributed by atoms with E-state index < -0.39 is 51.6 Å². The maximum atomic E-state index is 11.5. The van der Waals surface area contributed by atoms with Crippen molar-refractivity contribution in [1.82, 2.24) is 10.2 Å². The van der Waals surface area contributed by atoms with Gasteiger partial charge in [0.05, 0.1) is 25.2 Å². The maximum absolute atomic E-state index is 11.5. The number of aliphatic hydroxyl groups is 2. The van der Waals surface area contributed by atoms with Gasteiger partial charge in [-0.15, -0.1) is 0 Å². The van der Waals surface area contributed by atoms with Gasteiger partial charge in [0.2, 0.25) is 21.3 Å². The predicted octanol–water partition coefficient (Wildman–Crippen LogP) is -0.972. The molecule has 2 aliphatic heterocycles. The largest absolute Gasteiger partial charge is 0.465 e. The van der Waals surface area contributed by atoms with Gasteiger partial charge in [-0.2, -0.15) is 0 Å². The molecule has 0 bridgehead atoms. The van der Waals surface area contributed by atoms with Gasteiger partial charge in [0.1, 0.15) is 6.10 Å². The van der Waals surface area contributed by atoms with E-state index in [0.717, 1.165) is 10.4 Å². The summed E-state index contributed by atoms with van der Waals surface area (Å²) in [6, 6.07) is 19.9. The molecule has 0 saturated carbocycles. The number of carbonyl (C=O) groups excluding carboxylic acids is 2. The van der Waals surface area contributed by atoms with Crippen LogP contribution in [-0.2, 0) is 23.5 Å². The molecule has 2 aliphatic rings. The summed E-state index contributed by atoms with van der Waals surface area (Å²) in [5.74, 6) is -1.51. The highest BCUT2D eigenvalue weighted by Gasteiger charge is 2.48. The van der Waals surface area contributed by atoms with Crippen molar-refractivity contribution < 1.29 is 33.7 Å². The highest BCUT2D eigenvalue weighted by atomic mass is 28.3. The molecule has 1 amide bonds. The second-order valence-corrected chi connectivity index (χ2v) is 10.6. The number of aliphatic hydroxyl groups excluding tert-OH is 2. The zero-order chi connectivity index (χ0) is 24.1. The second kappa shape index (κ2) is 10.9. The fraction of sp³-hybridized carbons (Fsp3) is 0.333. The first-order valence-electron chi connectivity index (χ1n) is 11.1. The Morgan fingerprint density at radius 2 is 1.68 bits per heavy atom. The van der Waals surface area contributed by atoms with Crippen LogP contribution in [0.4, 0.5) is 0 Å². The third-order valence-electron chi connectivity index (χ3n) is 5.88. The number of nitrogens with zero attached hydrogens (tertiary/aromatic N) is 1. The minimum atomic E-state index is -2.07. The highest BCUT2D eigenvalue weighted by molar-refractivity contribution is 6.80. The van der Waals surface area contributed by atoms with Crippen LogP contribution in [0.1, 0.15) is 6.92 Å². The molecule has 180 valence electrons. The van der Waals surface area contributed by atoms with Crippen LogP contribution in [0.5, 0.6) is 0 Å². The molecule has 3 N–H and O–H groups in total. The van der Waals surface area contributed by atoms with Crippen LogP contribution in [0, 0.1) is 5.92 Å². The van der Waals surface area contributed by atoms with E-state index in [0.29, 0.717) is 0 Å². The first-order chi connectivity index (χ1) is 16.4. The number of rotatable bonds is 8. The molecular weight excluding hydrogens is 456 g/mol. The quantitative estimate of drug-likeness (QED) is 0.324. The molecule has 2 aromatic rings. The number of esters is 1. The van der Waals surface area contributed by atoms with Crippen molar-refractivity contribution in [3.8, 4) is 0 Å². The van der Waals surface area contributed by atoms with Crippen LogP contribution in [0.3, 0.4) is 0 Å². The topological polar surface area (TPSA) is 118 Å². The van der Waals surface area contributed by atoms with E-state index in [9.17, 15) is 19.8 Å². The predicted molar refractivity (Wildman–Crippen MR) is 125 cm³/mol. The minimum absolute atomic E-state index is 0.0655. The van der Waals surface area contributed by atoms with Gasteiger partial charge in [0, 0.05) is 19.2 Å². The summed E-state index contributed by atoms with van der Waals surface area (Å²) in [5, 5.41) is 25.8. The lowest BCUT2D eigenvalue weighted by atomic mass is 9.99. The third kappa shape index (κ3) is 5.54. The molecule has 0 spiro atoms. The zero-order valence-electron chi connectivity index (χ0n) is 18.7. The van der Waals surface area contributed by atoms with Gasteiger partial charge in [-0.3, -0.25) is 9.59 Å². The normalized spacial score (nSPS) is 26.5. The fourth-order valence-corrected chi connectivity index (χ4v) is 6.46. The number of carbonyl (C=O) groups is 2. The highest BCUT2D eigenvalue weighted by Crippen LogP contribution is 2.31. The van der Waals surface area contributed by atoms with Gasteiger partial charge < -0.3 is 34.3 Å². The Kier molecular flexibility index (Phi) is 7.76. The second-order valence-electron chi connectivity index (χ2n) is 8.20. The Bertz CT molecular complexity index is 967. The molecule has 34 heavy (non-hydrogen) atoms. The van der Waals surface area contributed by atoms with Gasteiger partial charge in [-0.1, -0.05) is 60.7 Å². The van der Waals surface area contributed by atoms with Gasteiger partial charge >= 0.3 is 5.97 Å². The molecular formula is C24H28N2O7Si. The number of benzene rings is 2. The lowest BCUT2D eigenvalue weighted by molar-refractivity contribution is -0.152. The van der Waals surface area contributed by atoms with Crippen molar-refractivity contribution in [3.63, 3.8) is 0 Å². The Hall–Kier alpha value is -3.02. The lowest BCUT2D eigenvalue weighted by Crippen LogP contribution is -2.55. The van der Waals surface area contributed by atoms with Crippen molar-refractivity contribution in [3.05, 3.63) is 72.9 Å². The monoisotopic (exact) mass is 484 g/mol. The molecule has 0 aliphatic carbocycles. The van der Waals surface area contributed by atoms with Gasteiger partial charge in [0.15, 0.2) is 6.23 Å². The standard InChI is InChI=1S/C24H28N2O7Si/c1-16(27)31-14-19-20(33-23(22(19)29)26-13-12-21(28)25-24(26)30)15-32-34(17-8-4-2-5-9-17)18-10-6-3-7-11-18/h2-13,19-20,22-24,29-30,34H,14-15H2,1H3,(H,25,28). The minimum Gasteiger partial charge on any atom is -0.465 e. The Morgan fingerprint density at radius 1 is 1.06 bits per heavy atom. The molecule has 2 heterocycles. The van der Waals surface area contributed by atoms with E-state index in [-0.39, 0.29) is 13.2 Å². The third-order valence-corrected chi connectivity index (χ3v) is 8.39. The van der Waals surface area contributed by atoms with E-state index in [1.807, 2.05) is 60.7 Å². The average molecular weight is 485 g/mol. The molecule has 5 unspecified atom stereocenters. The Balaban J connectivity index is 1.54. The molecule has 0 radical (unpaired) electrons. The summed E-state index contributed by atoms with van der Waals surface area (Å²) in [4.78, 5) is 24.3. The number of nitrogens with one attached hydrogen (secondary N) is 1. The number of hydrogen-bond acceptors (Lipinski definition) is 8. The average Bonchev–Trinajstić information content (AvgIpc) is 3.14. The van der Waals surface area contributed by atoms with Crippen LogP contribution < -0.4 is 15.7 Å². The number of ether oxygens (including phenoxy) is 2. The SMILES string of the molecule is CC(=O)OCC1C(CO[SiH](c2ccccc2)c2ccccc2)OC(N2C=CC(=O)NC2O)C1O. The molecule has 10 heteroatoms. The van der Waals surface area contributed by atoms with E-state index >= 15 is 0 Å². The molecule has 9 nitrogen and oxygen atoms in total. The molecule has 0 aromatic heterocycles. The van der Waals surface area contributed by atoms with E-state index in [1.54, 1.807) is 0 Å². The van der Waals surface area contributed by atoms with Crippen molar-refractivity contribution in [1.29, 1.82) is 0 Å². The summed E-state index contributed by atoms with van der Waals surface area (Å²) >= 11 is 0. The molecule has 4 rings (SSSR count). The molecule has 2 aromatic carbocycles. The summed E-state index contributed by atoms with van der Waals surface area (Å²) in [7, 11) is -2.07. The zero-order valence-corrected chi connectivity index (χ0v) is 19.8. The van der Waals surface area contributed by atoms with Crippen LogP contribution >= 0.6 is 0 Å². The van der Waals surface area contributed by atoms with Gasteiger partial charge in [-0.25, -0.2) is 0 Å². The smallest absolute Gasteiger partial charge is 0.302 e. The fourth-order valence-electron chi connectivity index (χ4n) is 4.16. The van der Waals surface area contributed by atoms with Crippen LogP contribution in [0.25, 0.3) is 0 Å².